The van der Waals surface area contributed by atoms with Gasteiger partial charge in [0.05, 0.1) is 5.69 Å². The Morgan fingerprint density at radius 1 is 0.886 bits per heavy atom. The van der Waals surface area contributed by atoms with Gasteiger partial charge in [-0.25, -0.2) is 0 Å². The number of hydrogen-bond donors (Lipinski definition) is 0. The molecule has 0 unspecified atom stereocenters. The van der Waals surface area contributed by atoms with E-state index in [0.29, 0.717) is 41.4 Å². The lowest BCUT2D eigenvalue weighted by atomic mass is 9.94. The topological polar surface area (TPSA) is 63.4 Å². The number of amides is 1. The zero-order chi connectivity index (χ0) is 23.9. The molecule has 3 heterocycles. The highest BCUT2D eigenvalue weighted by Crippen LogP contribution is 2.30. The smallest absolute Gasteiger partial charge is 0.296 e. The maximum absolute atomic E-state index is 14.0. The number of benzene rings is 2. The lowest BCUT2D eigenvalue weighted by molar-refractivity contribution is 0.0518. The number of para-hydroxylation sites is 2. The molecule has 0 atom stereocenters. The van der Waals surface area contributed by atoms with Crippen LogP contribution in [0.2, 0.25) is 0 Å². The second-order valence-electron chi connectivity index (χ2n) is 9.82. The van der Waals surface area contributed by atoms with E-state index in [9.17, 15) is 9.59 Å². The molecule has 35 heavy (non-hydrogen) atoms. The van der Waals surface area contributed by atoms with E-state index >= 15 is 0 Å². The lowest BCUT2D eigenvalue weighted by Crippen LogP contribution is -2.52. The Balaban J connectivity index is 1.43. The maximum atomic E-state index is 14.0. The largest absolute Gasteiger partial charge is 0.339 e. The van der Waals surface area contributed by atoms with Crippen LogP contribution in [0.5, 0.6) is 0 Å². The first kappa shape index (κ1) is 22.0. The fraction of sp³-hybridized carbons (Fsp3) is 0.393. The number of aryl methyl sites for hydroxylation is 1. The highest BCUT2D eigenvalue weighted by molar-refractivity contribution is 6.16. The molecule has 2 aromatic carbocycles. The van der Waals surface area contributed by atoms with Crippen molar-refractivity contribution in [3.63, 3.8) is 0 Å². The molecule has 0 radical (unpaired) electrons. The zero-order valence-corrected chi connectivity index (χ0v) is 20.2. The quantitative estimate of drug-likeness (QED) is 0.456. The summed E-state index contributed by atoms with van der Waals surface area (Å²) in [5.41, 5.74) is 2.22. The normalized spacial score (nSPS) is 17.9. The van der Waals surface area contributed by atoms with E-state index in [1.165, 1.54) is 36.8 Å². The summed E-state index contributed by atoms with van der Waals surface area (Å²) in [6.07, 6.45) is 6.52. The molecule has 0 N–H and O–H groups in total. The summed E-state index contributed by atoms with van der Waals surface area (Å²) < 4.78 is 3.28. The van der Waals surface area contributed by atoms with E-state index < -0.39 is 0 Å². The predicted octanol–water partition coefficient (Wildman–Crippen LogP) is 3.97. The number of aromatic nitrogens is 3. The molecule has 4 aromatic rings. The Labute approximate surface area is 204 Å². The highest BCUT2D eigenvalue weighted by Gasteiger charge is 2.31. The first-order chi connectivity index (χ1) is 17.1. The van der Waals surface area contributed by atoms with Gasteiger partial charge in [0, 0.05) is 55.6 Å². The van der Waals surface area contributed by atoms with E-state index in [1.807, 2.05) is 71.1 Å². The molecule has 0 spiro atoms. The first-order valence-electron chi connectivity index (χ1n) is 12.7. The molecule has 1 aliphatic heterocycles. The maximum Gasteiger partial charge on any atom is 0.296 e. The Bertz CT molecular complexity index is 1440. The van der Waals surface area contributed by atoms with Gasteiger partial charge in [0.15, 0.2) is 5.69 Å². The van der Waals surface area contributed by atoms with Crippen molar-refractivity contribution in [2.75, 3.05) is 26.2 Å². The summed E-state index contributed by atoms with van der Waals surface area (Å²) in [7, 11) is 1.89. The minimum atomic E-state index is -0.219. The average Bonchev–Trinajstić information content (AvgIpc) is 3.23. The van der Waals surface area contributed by atoms with Crippen molar-refractivity contribution in [2.24, 2.45) is 7.05 Å². The van der Waals surface area contributed by atoms with Gasteiger partial charge < -0.3 is 9.47 Å². The molecule has 2 aliphatic rings. The summed E-state index contributed by atoms with van der Waals surface area (Å²) in [4.78, 5) is 32.1. The molecule has 1 saturated heterocycles. The van der Waals surface area contributed by atoms with E-state index in [-0.39, 0.29) is 11.5 Å². The molecule has 0 bridgehead atoms. The average molecular weight is 470 g/mol. The molecule has 180 valence electrons. The summed E-state index contributed by atoms with van der Waals surface area (Å²) in [6, 6.07) is 17.9. The Hall–Kier alpha value is -3.45. The fourth-order valence-electron chi connectivity index (χ4n) is 5.96. The van der Waals surface area contributed by atoms with Crippen molar-refractivity contribution in [3.05, 3.63) is 70.6 Å². The summed E-state index contributed by atoms with van der Waals surface area (Å²) in [5, 5.41) is 6.24. The van der Waals surface area contributed by atoms with Crippen LogP contribution in [0, 0.1) is 0 Å². The Morgan fingerprint density at radius 3 is 2.31 bits per heavy atom. The lowest BCUT2D eigenvalue weighted by Gasteiger charge is -2.40. The van der Waals surface area contributed by atoms with E-state index in [4.69, 9.17) is 5.10 Å². The van der Waals surface area contributed by atoms with Gasteiger partial charge in [0.25, 0.3) is 11.5 Å². The molecule has 7 nitrogen and oxygen atoms in total. The summed E-state index contributed by atoms with van der Waals surface area (Å²) in [6.45, 7) is 3.17. The first-order valence-corrected chi connectivity index (χ1v) is 12.7. The number of piperazine rings is 1. The van der Waals surface area contributed by atoms with Crippen molar-refractivity contribution in [1.82, 2.24) is 24.1 Å². The van der Waals surface area contributed by atoms with Crippen molar-refractivity contribution in [3.8, 4) is 5.69 Å². The van der Waals surface area contributed by atoms with E-state index in [2.05, 4.69) is 4.90 Å². The molecule has 2 fully saturated rings. The monoisotopic (exact) mass is 469 g/mol. The third-order valence-corrected chi connectivity index (χ3v) is 7.83. The second kappa shape index (κ2) is 8.96. The SMILES string of the molecule is Cn1c2ccccc2c2c(C(=O)N3CCN(C4CCCCC4)CC3)nn(-c3ccccc3)c(=O)c21. The van der Waals surface area contributed by atoms with Crippen molar-refractivity contribution in [2.45, 2.75) is 38.1 Å². The van der Waals surface area contributed by atoms with Crippen LogP contribution in [0.3, 0.4) is 0 Å². The standard InChI is InChI=1S/C28H31N5O2/c1-30-23-15-9-8-14-22(23)24-25(29-33(28(35)26(24)30)21-12-6-3-7-13-21)27(34)32-18-16-31(17-19-32)20-10-4-2-5-11-20/h3,6-9,12-15,20H,2,4-5,10-11,16-19H2,1H3. The predicted molar refractivity (Wildman–Crippen MR) is 138 cm³/mol. The minimum absolute atomic E-state index is 0.0978. The van der Waals surface area contributed by atoms with Crippen LogP contribution in [0.15, 0.2) is 59.4 Å². The third-order valence-electron chi connectivity index (χ3n) is 7.83. The fourth-order valence-corrected chi connectivity index (χ4v) is 5.96. The Kier molecular flexibility index (Phi) is 5.65. The van der Waals surface area contributed by atoms with Gasteiger partial charge in [-0.2, -0.15) is 9.78 Å². The van der Waals surface area contributed by atoms with E-state index in [1.54, 1.807) is 0 Å². The van der Waals surface area contributed by atoms with Crippen molar-refractivity contribution in [1.29, 1.82) is 0 Å². The highest BCUT2D eigenvalue weighted by atomic mass is 16.2. The minimum Gasteiger partial charge on any atom is -0.339 e. The van der Waals surface area contributed by atoms with Gasteiger partial charge >= 0.3 is 0 Å². The van der Waals surface area contributed by atoms with Gasteiger partial charge in [-0.3, -0.25) is 14.5 Å². The van der Waals surface area contributed by atoms with Crippen LogP contribution in [0.25, 0.3) is 27.5 Å². The van der Waals surface area contributed by atoms with Crippen LogP contribution in [0.4, 0.5) is 0 Å². The van der Waals surface area contributed by atoms with Gasteiger partial charge in [0.1, 0.15) is 5.52 Å². The third kappa shape index (κ3) is 3.74. The Morgan fingerprint density at radius 2 is 1.57 bits per heavy atom. The molecule has 2 aromatic heterocycles. The summed E-state index contributed by atoms with van der Waals surface area (Å²) >= 11 is 0. The van der Waals surface area contributed by atoms with Gasteiger partial charge in [-0.05, 0) is 31.0 Å². The van der Waals surface area contributed by atoms with Crippen LogP contribution < -0.4 is 5.56 Å². The number of fused-ring (bicyclic) bond motifs is 3. The molecule has 1 amide bonds. The van der Waals surface area contributed by atoms with Gasteiger partial charge in [-0.1, -0.05) is 55.7 Å². The van der Waals surface area contributed by atoms with Crippen LogP contribution in [-0.2, 0) is 7.05 Å². The molecule has 6 rings (SSSR count). The van der Waals surface area contributed by atoms with Crippen LogP contribution >= 0.6 is 0 Å². The number of hydrogen-bond acceptors (Lipinski definition) is 4. The zero-order valence-electron chi connectivity index (χ0n) is 20.2. The van der Waals surface area contributed by atoms with Crippen LogP contribution in [-0.4, -0.2) is 62.3 Å². The number of rotatable bonds is 3. The molecular weight excluding hydrogens is 438 g/mol. The number of carbonyl (C=O) groups is 1. The number of carbonyl (C=O) groups excluding carboxylic acids is 1. The van der Waals surface area contributed by atoms with Crippen molar-refractivity contribution >= 4 is 27.7 Å². The summed E-state index contributed by atoms with van der Waals surface area (Å²) in [5.74, 6) is -0.0978. The molecular formula is C28H31N5O2. The van der Waals surface area contributed by atoms with Gasteiger partial charge in [0.2, 0.25) is 0 Å². The number of nitrogens with zero attached hydrogens (tertiary/aromatic N) is 5. The van der Waals surface area contributed by atoms with Crippen LogP contribution in [0.1, 0.15) is 42.6 Å². The van der Waals surface area contributed by atoms with E-state index in [0.717, 1.165) is 24.0 Å². The van der Waals surface area contributed by atoms with Crippen molar-refractivity contribution < 1.29 is 4.79 Å². The van der Waals surface area contributed by atoms with Gasteiger partial charge in [-0.15, -0.1) is 0 Å². The molecule has 1 saturated carbocycles. The second-order valence-corrected chi connectivity index (χ2v) is 9.82. The molecule has 1 aliphatic carbocycles. The molecule has 7 heteroatoms.